The maximum absolute atomic E-state index is 12.2. The predicted molar refractivity (Wildman–Crippen MR) is 100 cm³/mol. The summed E-state index contributed by atoms with van der Waals surface area (Å²) in [5.41, 5.74) is 1.01. The van der Waals surface area contributed by atoms with Gasteiger partial charge in [-0.05, 0) is 38.8 Å². The number of rotatable bonds is 7. The number of anilines is 1. The zero-order valence-electron chi connectivity index (χ0n) is 15.1. The van der Waals surface area contributed by atoms with Crippen molar-refractivity contribution in [3.05, 3.63) is 41.7 Å². The third-order valence-corrected chi connectivity index (χ3v) is 5.68. The van der Waals surface area contributed by atoms with Crippen molar-refractivity contribution < 1.29 is 13.2 Å². The van der Waals surface area contributed by atoms with Gasteiger partial charge in [-0.2, -0.15) is 4.98 Å². The number of nitrogens with one attached hydrogen (secondary N) is 1. The van der Waals surface area contributed by atoms with Crippen molar-refractivity contribution in [2.24, 2.45) is 0 Å². The van der Waals surface area contributed by atoms with Crippen LogP contribution < -0.4 is 14.4 Å². The third kappa shape index (κ3) is 4.70. The van der Waals surface area contributed by atoms with Gasteiger partial charge < -0.3 is 9.64 Å². The Morgan fingerprint density at radius 2 is 1.81 bits per heavy atom. The highest BCUT2D eigenvalue weighted by atomic mass is 32.2. The van der Waals surface area contributed by atoms with Crippen molar-refractivity contribution in [3.63, 3.8) is 0 Å². The van der Waals surface area contributed by atoms with Gasteiger partial charge >= 0.3 is 0 Å². The monoisotopic (exact) mass is 376 g/mol. The Bertz CT molecular complexity index is 847. The van der Waals surface area contributed by atoms with Crippen LogP contribution in [0.5, 0.6) is 5.88 Å². The lowest BCUT2D eigenvalue weighted by Gasteiger charge is -2.17. The molecule has 0 bridgehead atoms. The molecule has 1 aliphatic heterocycles. The fourth-order valence-electron chi connectivity index (χ4n) is 2.84. The lowest BCUT2D eigenvalue weighted by Crippen LogP contribution is -2.28. The van der Waals surface area contributed by atoms with Gasteiger partial charge in [0, 0.05) is 25.7 Å². The first-order chi connectivity index (χ1) is 12.4. The van der Waals surface area contributed by atoms with Crippen molar-refractivity contribution in [3.8, 4) is 5.88 Å². The van der Waals surface area contributed by atoms with Crippen LogP contribution in [-0.4, -0.2) is 44.6 Å². The van der Waals surface area contributed by atoms with E-state index in [1.165, 1.54) is 12.8 Å². The molecule has 1 saturated heterocycles. The van der Waals surface area contributed by atoms with Gasteiger partial charge in [0.05, 0.1) is 4.90 Å². The average Bonchev–Trinajstić information content (AvgIpc) is 3.13. The molecule has 0 spiro atoms. The first-order valence-electron chi connectivity index (χ1n) is 8.74. The minimum atomic E-state index is -3.53. The molecule has 0 saturated carbocycles. The average molecular weight is 376 g/mol. The van der Waals surface area contributed by atoms with Crippen molar-refractivity contribution in [1.82, 2.24) is 14.7 Å². The van der Waals surface area contributed by atoms with Crippen LogP contribution >= 0.6 is 0 Å². The van der Waals surface area contributed by atoms with E-state index in [0.717, 1.165) is 24.5 Å². The van der Waals surface area contributed by atoms with E-state index in [4.69, 9.17) is 4.74 Å². The van der Waals surface area contributed by atoms with Gasteiger partial charge in [-0.15, -0.1) is 0 Å². The predicted octanol–water partition coefficient (Wildman–Crippen LogP) is 2.05. The van der Waals surface area contributed by atoms with Gasteiger partial charge in [-0.1, -0.05) is 17.7 Å². The highest BCUT2D eigenvalue weighted by Gasteiger charge is 2.16. The highest BCUT2D eigenvalue weighted by Crippen LogP contribution is 2.21. The van der Waals surface area contributed by atoms with Crippen LogP contribution in [-0.2, 0) is 10.0 Å². The molecule has 1 N–H and O–H groups in total. The van der Waals surface area contributed by atoms with E-state index in [1.54, 1.807) is 24.3 Å². The van der Waals surface area contributed by atoms with Crippen LogP contribution in [0.2, 0.25) is 0 Å². The molecule has 7 nitrogen and oxygen atoms in total. The second kappa shape index (κ2) is 8.01. The van der Waals surface area contributed by atoms with Crippen molar-refractivity contribution in [2.75, 3.05) is 31.1 Å². The molecule has 2 heterocycles. The number of aromatic nitrogens is 2. The summed E-state index contributed by atoms with van der Waals surface area (Å²) in [6, 6.07) is 8.54. The summed E-state index contributed by atoms with van der Waals surface area (Å²) in [7, 11) is -3.53. The van der Waals surface area contributed by atoms with E-state index in [1.807, 2.05) is 19.9 Å². The summed E-state index contributed by atoms with van der Waals surface area (Å²) in [5.74, 6) is 1.98. The smallest absolute Gasteiger partial charge is 0.240 e. The first kappa shape index (κ1) is 18.6. The zero-order valence-corrected chi connectivity index (χ0v) is 15.9. The zero-order chi connectivity index (χ0) is 18.6. The Morgan fingerprint density at radius 1 is 1.12 bits per heavy atom. The molecule has 1 aromatic heterocycles. The summed E-state index contributed by atoms with van der Waals surface area (Å²) >= 11 is 0. The maximum Gasteiger partial charge on any atom is 0.240 e. The van der Waals surface area contributed by atoms with Crippen LogP contribution in [0, 0.1) is 13.8 Å². The molecule has 140 valence electrons. The summed E-state index contributed by atoms with van der Waals surface area (Å²) in [6.07, 6.45) is 2.33. The molecule has 26 heavy (non-hydrogen) atoms. The minimum absolute atomic E-state index is 0.165. The molecular weight excluding hydrogens is 352 g/mol. The summed E-state index contributed by atoms with van der Waals surface area (Å²) in [5, 5.41) is 0. The van der Waals surface area contributed by atoms with E-state index in [2.05, 4.69) is 19.6 Å². The molecule has 1 aromatic carbocycles. The van der Waals surface area contributed by atoms with Crippen LogP contribution in [0.1, 0.15) is 24.2 Å². The summed E-state index contributed by atoms with van der Waals surface area (Å²) < 4.78 is 32.7. The molecule has 1 aliphatic rings. The van der Waals surface area contributed by atoms with Gasteiger partial charge in [0.15, 0.2) is 0 Å². The second-order valence-electron chi connectivity index (χ2n) is 6.37. The van der Waals surface area contributed by atoms with E-state index in [0.29, 0.717) is 11.7 Å². The van der Waals surface area contributed by atoms with Gasteiger partial charge in [0.2, 0.25) is 15.9 Å². The molecule has 0 radical (unpaired) electrons. The van der Waals surface area contributed by atoms with Gasteiger partial charge in [0.1, 0.15) is 18.2 Å². The number of sulfonamides is 1. The number of ether oxygens (including phenoxy) is 1. The highest BCUT2D eigenvalue weighted by molar-refractivity contribution is 7.89. The Morgan fingerprint density at radius 3 is 2.50 bits per heavy atom. The van der Waals surface area contributed by atoms with Crippen molar-refractivity contribution in [1.29, 1.82) is 0 Å². The van der Waals surface area contributed by atoms with Gasteiger partial charge in [-0.3, -0.25) is 0 Å². The third-order valence-electron chi connectivity index (χ3n) is 4.21. The molecule has 3 rings (SSSR count). The topological polar surface area (TPSA) is 84.4 Å². The molecular formula is C18H24N4O3S. The second-order valence-corrected chi connectivity index (χ2v) is 8.13. The van der Waals surface area contributed by atoms with Crippen LogP contribution in [0.15, 0.2) is 35.2 Å². The quantitative estimate of drug-likeness (QED) is 0.745. The molecule has 8 heteroatoms. The Labute approximate surface area is 154 Å². The standard InChI is InChI=1S/C18H24N4O3S/c1-14-5-7-16(8-6-14)26(23,24)19-9-12-25-18-13-17(20-15(2)21-18)22-10-3-4-11-22/h5-8,13,19H,3-4,9-12H2,1-2H3. The van der Waals surface area contributed by atoms with Gasteiger partial charge in [0.25, 0.3) is 0 Å². The fourth-order valence-corrected chi connectivity index (χ4v) is 3.85. The number of aryl methyl sites for hydroxylation is 2. The molecule has 0 unspecified atom stereocenters. The van der Waals surface area contributed by atoms with Crippen LogP contribution in [0.25, 0.3) is 0 Å². The van der Waals surface area contributed by atoms with Crippen LogP contribution in [0.3, 0.4) is 0 Å². The number of benzene rings is 1. The Kier molecular flexibility index (Phi) is 5.73. The van der Waals surface area contributed by atoms with Crippen molar-refractivity contribution >= 4 is 15.8 Å². The number of hydrogen-bond donors (Lipinski definition) is 1. The van der Waals surface area contributed by atoms with Crippen molar-refractivity contribution in [2.45, 2.75) is 31.6 Å². The molecule has 1 fully saturated rings. The Hall–Kier alpha value is -2.19. The summed E-state index contributed by atoms with van der Waals surface area (Å²) in [6.45, 7) is 6.09. The molecule has 0 atom stereocenters. The molecule has 0 aliphatic carbocycles. The lowest BCUT2D eigenvalue weighted by atomic mass is 10.2. The van der Waals surface area contributed by atoms with E-state index in [9.17, 15) is 8.42 Å². The van der Waals surface area contributed by atoms with E-state index in [-0.39, 0.29) is 18.0 Å². The number of nitrogens with zero attached hydrogens (tertiary/aromatic N) is 3. The molecule has 0 amide bonds. The minimum Gasteiger partial charge on any atom is -0.476 e. The first-order valence-corrected chi connectivity index (χ1v) is 10.2. The molecule has 2 aromatic rings. The van der Waals surface area contributed by atoms with Crippen LogP contribution in [0.4, 0.5) is 5.82 Å². The fraction of sp³-hybridized carbons (Fsp3) is 0.444. The largest absolute Gasteiger partial charge is 0.476 e. The Balaban J connectivity index is 1.55. The lowest BCUT2D eigenvalue weighted by molar-refractivity contribution is 0.309. The normalized spacial score (nSPS) is 14.6. The van der Waals surface area contributed by atoms with E-state index >= 15 is 0 Å². The maximum atomic E-state index is 12.2. The SMILES string of the molecule is Cc1ccc(S(=O)(=O)NCCOc2cc(N3CCCC3)nc(C)n2)cc1. The summed E-state index contributed by atoms with van der Waals surface area (Å²) in [4.78, 5) is 11.2. The van der Waals surface area contributed by atoms with Gasteiger partial charge in [-0.25, -0.2) is 18.1 Å². The van der Waals surface area contributed by atoms with E-state index < -0.39 is 10.0 Å². The number of hydrogen-bond acceptors (Lipinski definition) is 6.